The van der Waals surface area contributed by atoms with Crippen LogP contribution in [0.5, 0.6) is 11.5 Å². The van der Waals surface area contributed by atoms with Crippen molar-refractivity contribution in [1.82, 2.24) is 5.32 Å². The minimum absolute atomic E-state index is 0.00210. The molecule has 0 aliphatic carbocycles. The number of nitro groups is 1. The number of nitro benzene ring substituents is 1. The molecule has 1 fully saturated rings. The molecule has 0 bridgehead atoms. The number of terminal acetylenes is 1. The Morgan fingerprint density at radius 2 is 2.03 bits per heavy atom. The average Bonchev–Trinajstić information content (AvgIpc) is 2.81. The number of hydrogen-bond donors (Lipinski definition) is 1. The van der Waals surface area contributed by atoms with Crippen molar-refractivity contribution in [2.24, 2.45) is 0 Å². The van der Waals surface area contributed by atoms with Gasteiger partial charge in [-0.25, -0.2) is 9.69 Å². The van der Waals surface area contributed by atoms with Gasteiger partial charge in [-0.15, -0.1) is 13.0 Å². The van der Waals surface area contributed by atoms with E-state index >= 15 is 0 Å². The molecule has 1 saturated heterocycles. The average molecular weight is 461 g/mol. The maximum absolute atomic E-state index is 13.1. The van der Waals surface area contributed by atoms with Crippen LogP contribution >= 0.6 is 0 Å². The van der Waals surface area contributed by atoms with Crippen LogP contribution in [0.3, 0.4) is 0 Å². The zero-order valence-electron chi connectivity index (χ0n) is 18.1. The highest BCUT2D eigenvalue weighted by Gasteiger charge is 2.37. The number of barbiturate groups is 1. The van der Waals surface area contributed by atoms with Crippen molar-refractivity contribution in [1.29, 1.82) is 0 Å². The third kappa shape index (κ3) is 4.78. The molecule has 0 saturated carbocycles. The molecule has 1 aliphatic rings. The van der Waals surface area contributed by atoms with Crippen molar-refractivity contribution in [3.8, 4) is 23.8 Å². The third-order valence-corrected chi connectivity index (χ3v) is 4.75. The van der Waals surface area contributed by atoms with Gasteiger partial charge < -0.3 is 9.47 Å². The summed E-state index contributed by atoms with van der Waals surface area (Å²) < 4.78 is 11.0. The molecule has 0 aromatic heterocycles. The summed E-state index contributed by atoms with van der Waals surface area (Å²) >= 11 is 0. The number of benzene rings is 2. The molecule has 1 N–H and O–H groups in total. The van der Waals surface area contributed by atoms with Crippen LogP contribution in [-0.4, -0.2) is 36.5 Å². The first-order chi connectivity index (χ1) is 16.3. The van der Waals surface area contributed by atoms with Gasteiger partial charge in [-0.2, -0.15) is 0 Å². The first-order valence-electron chi connectivity index (χ1n) is 9.84. The molecule has 4 amide bonds. The van der Waals surface area contributed by atoms with Gasteiger partial charge in [-0.05, 0) is 36.3 Å². The van der Waals surface area contributed by atoms with Gasteiger partial charge in [-0.1, -0.05) is 18.1 Å². The zero-order valence-corrected chi connectivity index (χ0v) is 18.1. The van der Waals surface area contributed by atoms with Crippen molar-refractivity contribution >= 4 is 35.3 Å². The van der Waals surface area contributed by atoms with E-state index in [1.165, 1.54) is 31.4 Å². The number of carbonyl (C=O) groups is 3. The molecule has 0 unspecified atom stereocenters. The van der Waals surface area contributed by atoms with E-state index in [-0.39, 0.29) is 23.6 Å². The number of nitrogens with zero attached hydrogens (tertiary/aromatic N) is 2. The lowest BCUT2D eigenvalue weighted by Crippen LogP contribution is -2.54. The van der Waals surface area contributed by atoms with Crippen LogP contribution in [0, 0.1) is 22.5 Å². The van der Waals surface area contributed by atoms with Crippen LogP contribution in [0.4, 0.5) is 16.2 Å². The Balaban J connectivity index is 2.07. The molecule has 1 aliphatic heterocycles. The molecule has 2 aromatic carbocycles. The van der Waals surface area contributed by atoms with Gasteiger partial charge >= 0.3 is 6.03 Å². The molecule has 0 atom stereocenters. The Bertz CT molecular complexity index is 1270. The van der Waals surface area contributed by atoms with Crippen LogP contribution in [0.15, 0.2) is 54.6 Å². The summed E-state index contributed by atoms with van der Waals surface area (Å²) in [5.74, 6) is 1.24. The van der Waals surface area contributed by atoms with Crippen molar-refractivity contribution in [3.05, 3.63) is 75.9 Å². The lowest BCUT2D eigenvalue weighted by molar-refractivity contribution is -0.384. The number of urea groups is 1. The summed E-state index contributed by atoms with van der Waals surface area (Å²) in [7, 11) is 1.42. The van der Waals surface area contributed by atoms with Gasteiger partial charge in [0.1, 0.15) is 12.2 Å². The van der Waals surface area contributed by atoms with E-state index < -0.39 is 22.8 Å². The first kappa shape index (κ1) is 23.7. The van der Waals surface area contributed by atoms with E-state index in [1.54, 1.807) is 18.2 Å². The smallest absolute Gasteiger partial charge is 0.335 e. The second kappa shape index (κ2) is 10.1. The predicted octanol–water partition coefficient (Wildman–Crippen LogP) is 3.01. The van der Waals surface area contributed by atoms with E-state index in [0.717, 1.165) is 6.07 Å². The van der Waals surface area contributed by atoms with Crippen molar-refractivity contribution in [3.63, 3.8) is 0 Å². The quantitative estimate of drug-likeness (QED) is 0.160. The number of methoxy groups -OCH3 is 1. The maximum atomic E-state index is 13.1. The molecule has 10 heteroatoms. The van der Waals surface area contributed by atoms with E-state index in [9.17, 15) is 24.5 Å². The lowest BCUT2D eigenvalue weighted by atomic mass is 10.0. The third-order valence-electron chi connectivity index (χ3n) is 4.75. The molecular weight excluding hydrogens is 442 g/mol. The van der Waals surface area contributed by atoms with Gasteiger partial charge in [0.2, 0.25) is 0 Å². The fraction of sp³-hybridized carbons (Fsp3) is 0.125. The monoisotopic (exact) mass is 461 g/mol. The molecular formula is C24H19N3O7. The SMILES string of the molecule is C#CCOc1c(CC=C)cc(/C=C2\C(=O)NC(=O)N(c3cccc([N+](=O)[O-])c3)C2=O)cc1OC. The Hall–Kier alpha value is -4.91. The Labute approximate surface area is 194 Å². The number of non-ortho nitro benzene ring substituents is 1. The molecule has 0 spiro atoms. The largest absolute Gasteiger partial charge is 0.493 e. The summed E-state index contributed by atoms with van der Waals surface area (Å²) in [6.07, 6.45) is 8.58. The summed E-state index contributed by atoms with van der Waals surface area (Å²) in [5.41, 5.74) is 0.329. The molecule has 172 valence electrons. The number of anilines is 1. The molecule has 3 rings (SSSR count). The van der Waals surface area contributed by atoms with Crippen LogP contribution in [0.25, 0.3) is 6.08 Å². The van der Waals surface area contributed by atoms with Crippen LogP contribution in [-0.2, 0) is 16.0 Å². The van der Waals surface area contributed by atoms with Gasteiger partial charge in [0.15, 0.2) is 11.5 Å². The van der Waals surface area contributed by atoms with Crippen LogP contribution in [0.1, 0.15) is 11.1 Å². The number of rotatable bonds is 8. The second-order valence-electron chi connectivity index (χ2n) is 6.93. The highest BCUT2D eigenvalue weighted by atomic mass is 16.6. The second-order valence-corrected chi connectivity index (χ2v) is 6.93. The number of hydrogen-bond acceptors (Lipinski definition) is 7. The number of carbonyl (C=O) groups excluding carboxylic acids is 3. The van der Waals surface area contributed by atoms with Gasteiger partial charge in [-0.3, -0.25) is 25.0 Å². The van der Waals surface area contributed by atoms with E-state index in [0.29, 0.717) is 33.9 Å². The lowest BCUT2D eigenvalue weighted by Gasteiger charge is -2.26. The van der Waals surface area contributed by atoms with Crippen molar-refractivity contribution in [2.75, 3.05) is 18.6 Å². The maximum Gasteiger partial charge on any atom is 0.335 e. The van der Waals surface area contributed by atoms with E-state index in [4.69, 9.17) is 15.9 Å². The standard InChI is InChI=1S/C24H19N3O7/c1-4-7-16-11-15(13-20(33-3)21(16)34-10-5-2)12-19-22(28)25-24(30)26(23(19)29)17-8-6-9-18(14-17)27(31)32/h2,4,6,8-9,11-14H,1,7,10H2,3H3,(H,25,28,30)/b19-12+. The topological polar surface area (TPSA) is 128 Å². The van der Waals surface area contributed by atoms with E-state index in [2.05, 4.69) is 17.8 Å². The normalized spacial score (nSPS) is 14.4. The molecule has 2 aromatic rings. The highest BCUT2D eigenvalue weighted by molar-refractivity contribution is 6.39. The Kier molecular flexibility index (Phi) is 7.08. The fourth-order valence-electron chi connectivity index (χ4n) is 3.31. The van der Waals surface area contributed by atoms with Crippen LogP contribution < -0.4 is 19.7 Å². The minimum atomic E-state index is -1.02. The zero-order chi connectivity index (χ0) is 24.8. The summed E-state index contributed by atoms with van der Waals surface area (Å²) in [6, 6.07) is 7.15. The summed E-state index contributed by atoms with van der Waals surface area (Å²) in [4.78, 5) is 49.1. The summed E-state index contributed by atoms with van der Waals surface area (Å²) in [5, 5.41) is 13.2. The van der Waals surface area contributed by atoms with E-state index in [1.807, 2.05) is 0 Å². The van der Waals surface area contributed by atoms with Crippen LogP contribution in [0.2, 0.25) is 0 Å². The molecule has 1 heterocycles. The highest BCUT2D eigenvalue weighted by Crippen LogP contribution is 2.35. The van der Waals surface area contributed by atoms with Gasteiger partial charge in [0.05, 0.1) is 17.7 Å². The first-order valence-corrected chi connectivity index (χ1v) is 9.84. The van der Waals surface area contributed by atoms with Crippen molar-refractivity contribution < 1.29 is 28.8 Å². The number of ether oxygens (including phenoxy) is 2. The number of allylic oxidation sites excluding steroid dienone is 1. The Morgan fingerprint density at radius 3 is 2.68 bits per heavy atom. The molecule has 0 radical (unpaired) electrons. The molecule has 34 heavy (non-hydrogen) atoms. The predicted molar refractivity (Wildman–Crippen MR) is 123 cm³/mol. The number of amides is 4. The minimum Gasteiger partial charge on any atom is -0.493 e. The molecule has 10 nitrogen and oxygen atoms in total. The fourth-order valence-corrected chi connectivity index (χ4v) is 3.31. The van der Waals surface area contributed by atoms with Gasteiger partial charge in [0, 0.05) is 17.7 Å². The van der Waals surface area contributed by atoms with Gasteiger partial charge in [0.25, 0.3) is 17.5 Å². The number of nitrogens with one attached hydrogen (secondary N) is 1. The van der Waals surface area contributed by atoms with Crippen molar-refractivity contribution in [2.45, 2.75) is 6.42 Å². The number of imide groups is 2. The Morgan fingerprint density at radius 1 is 1.26 bits per heavy atom. The summed E-state index contributed by atoms with van der Waals surface area (Å²) in [6.45, 7) is 3.71.